The second kappa shape index (κ2) is 9.80. The minimum atomic E-state index is 1.05. The highest BCUT2D eigenvalue weighted by Gasteiger charge is 2.00. The van der Waals surface area contributed by atoms with E-state index >= 15 is 0 Å². The van der Waals surface area contributed by atoms with E-state index in [0.29, 0.717) is 0 Å². The number of benzene rings is 1. The van der Waals surface area contributed by atoms with E-state index in [9.17, 15) is 0 Å². The Morgan fingerprint density at radius 2 is 1.63 bits per heavy atom. The van der Waals surface area contributed by atoms with Gasteiger partial charge in [-0.1, -0.05) is 75.9 Å². The maximum atomic E-state index is 3.78. The summed E-state index contributed by atoms with van der Waals surface area (Å²) >= 11 is 0. The molecule has 0 atom stereocenters. The lowest BCUT2D eigenvalue weighted by molar-refractivity contribution is 0.316. The topological polar surface area (TPSA) is 3.24 Å². The van der Waals surface area contributed by atoms with Gasteiger partial charge in [-0.15, -0.1) is 0 Å². The summed E-state index contributed by atoms with van der Waals surface area (Å²) in [5, 5.41) is 0. The Morgan fingerprint density at radius 3 is 2.26 bits per heavy atom. The fourth-order valence-electron chi connectivity index (χ4n) is 2.31. The molecule has 1 rings (SSSR count). The van der Waals surface area contributed by atoms with Crippen molar-refractivity contribution in [2.24, 2.45) is 0 Å². The van der Waals surface area contributed by atoms with Gasteiger partial charge in [-0.2, -0.15) is 0 Å². The van der Waals surface area contributed by atoms with Gasteiger partial charge in [0.1, 0.15) is 0 Å². The third-order valence-corrected chi connectivity index (χ3v) is 3.56. The summed E-state index contributed by atoms with van der Waals surface area (Å²) in [5.41, 5.74) is 2.58. The second-order valence-corrected chi connectivity index (χ2v) is 5.45. The van der Waals surface area contributed by atoms with Crippen LogP contribution in [0.4, 0.5) is 0 Å². The Labute approximate surface area is 119 Å². The van der Waals surface area contributed by atoms with Crippen LogP contribution in [0.5, 0.6) is 0 Å². The first-order valence-electron chi connectivity index (χ1n) is 7.66. The second-order valence-electron chi connectivity index (χ2n) is 5.45. The summed E-state index contributed by atoms with van der Waals surface area (Å²) in [5.74, 6) is 0. The van der Waals surface area contributed by atoms with Crippen LogP contribution in [0, 0.1) is 0 Å². The fraction of sp³-hybridized carbons (Fsp3) is 0.556. The fourth-order valence-corrected chi connectivity index (χ4v) is 2.31. The number of nitrogens with zero attached hydrogens (tertiary/aromatic N) is 1. The van der Waals surface area contributed by atoms with Crippen LogP contribution in [0.2, 0.25) is 0 Å². The first-order valence-corrected chi connectivity index (χ1v) is 7.66. The molecule has 0 aliphatic carbocycles. The molecule has 1 nitrogen and oxygen atoms in total. The minimum Gasteiger partial charge on any atom is -0.302 e. The van der Waals surface area contributed by atoms with Crippen molar-refractivity contribution in [3.8, 4) is 0 Å². The van der Waals surface area contributed by atoms with Crippen LogP contribution in [0.25, 0.3) is 6.08 Å². The van der Waals surface area contributed by atoms with E-state index in [4.69, 9.17) is 0 Å². The predicted molar refractivity (Wildman–Crippen MR) is 86.2 cm³/mol. The van der Waals surface area contributed by atoms with E-state index in [1.165, 1.54) is 56.2 Å². The molecule has 1 aromatic rings. The Kier molecular flexibility index (Phi) is 8.24. The van der Waals surface area contributed by atoms with Gasteiger partial charge < -0.3 is 4.90 Å². The van der Waals surface area contributed by atoms with Crippen LogP contribution >= 0.6 is 0 Å². The molecular weight excluding hydrogens is 230 g/mol. The van der Waals surface area contributed by atoms with Crippen molar-refractivity contribution in [1.82, 2.24) is 4.90 Å². The maximum Gasteiger partial charge on any atom is 0.0230 e. The molecule has 1 heteroatoms. The molecule has 0 unspecified atom stereocenters. The van der Waals surface area contributed by atoms with Gasteiger partial charge in [0.25, 0.3) is 0 Å². The third kappa shape index (κ3) is 7.17. The molecule has 0 fully saturated rings. The van der Waals surface area contributed by atoms with E-state index in [2.05, 4.69) is 49.7 Å². The van der Waals surface area contributed by atoms with E-state index in [1.54, 1.807) is 0 Å². The van der Waals surface area contributed by atoms with Crippen LogP contribution in [0.1, 0.15) is 56.6 Å². The molecule has 0 aliphatic heterocycles. The minimum absolute atomic E-state index is 1.05. The number of rotatable bonds is 10. The Balaban J connectivity index is 2.15. The molecule has 0 amide bonds. The lowest BCUT2D eigenvalue weighted by Crippen LogP contribution is -2.19. The summed E-state index contributed by atoms with van der Waals surface area (Å²) in [6.07, 6.45) is 10.1. The zero-order valence-electron chi connectivity index (χ0n) is 12.7. The average molecular weight is 259 g/mol. The van der Waals surface area contributed by atoms with Gasteiger partial charge in [0.2, 0.25) is 0 Å². The summed E-state index contributed by atoms with van der Waals surface area (Å²) in [6, 6.07) is 8.69. The first kappa shape index (κ1) is 16.0. The molecule has 106 valence electrons. The van der Waals surface area contributed by atoms with E-state index < -0.39 is 0 Å². The highest BCUT2D eigenvalue weighted by atomic mass is 15.1. The molecule has 0 saturated heterocycles. The van der Waals surface area contributed by atoms with Crippen molar-refractivity contribution in [2.45, 2.75) is 52.0 Å². The summed E-state index contributed by atoms with van der Waals surface area (Å²) < 4.78 is 0. The van der Waals surface area contributed by atoms with Crippen LogP contribution in [0.15, 0.2) is 30.8 Å². The molecule has 0 spiro atoms. The van der Waals surface area contributed by atoms with E-state index in [1.807, 2.05) is 6.08 Å². The van der Waals surface area contributed by atoms with Gasteiger partial charge in [-0.25, -0.2) is 0 Å². The number of unbranched alkanes of at least 4 members (excludes halogenated alkanes) is 5. The maximum absolute atomic E-state index is 3.78. The van der Waals surface area contributed by atoms with Gasteiger partial charge in [0, 0.05) is 6.54 Å². The SMILES string of the molecule is C=Cc1ccc(CN(C)CCCCCCCC)cc1. The summed E-state index contributed by atoms with van der Waals surface area (Å²) in [7, 11) is 2.22. The molecule has 1 aromatic carbocycles. The largest absolute Gasteiger partial charge is 0.302 e. The van der Waals surface area contributed by atoms with Gasteiger partial charge in [-0.3, -0.25) is 0 Å². The van der Waals surface area contributed by atoms with Crippen LogP contribution in [0.3, 0.4) is 0 Å². The Hall–Kier alpha value is -1.08. The summed E-state index contributed by atoms with van der Waals surface area (Å²) in [4.78, 5) is 2.42. The standard InChI is InChI=1S/C18H29N/c1-4-6-7-8-9-10-15-19(3)16-18-13-11-17(5-2)12-14-18/h5,11-14H,2,4,6-10,15-16H2,1,3H3. The van der Waals surface area contributed by atoms with Crippen molar-refractivity contribution in [2.75, 3.05) is 13.6 Å². The van der Waals surface area contributed by atoms with Crippen molar-refractivity contribution in [3.63, 3.8) is 0 Å². The van der Waals surface area contributed by atoms with E-state index in [-0.39, 0.29) is 0 Å². The van der Waals surface area contributed by atoms with Gasteiger partial charge >= 0.3 is 0 Å². The molecule has 19 heavy (non-hydrogen) atoms. The monoisotopic (exact) mass is 259 g/mol. The van der Waals surface area contributed by atoms with Gasteiger partial charge in [0.05, 0.1) is 0 Å². The zero-order chi connectivity index (χ0) is 13.9. The van der Waals surface area contributed by atoms with Crippen molar-refractivity contribution < 1.29 is 0 Å². The lowest BCUT2D eigenvalue weighted by atomic mass is 10.1. The molecular formula is C18H29N. The molecule has 0 heterocycles. The molecule has 0 aliphatic rings. The van der Waals surface area contributed by atoms with Crippen LogP contribution < -0.4 is 0 Å². The highest BCUT2D eigenvalue weighted by molar-refractivity contribution is 5.47. The van der Waals surface area contributed by atoms with Crippen LogP contribution in [-0.4, -0.2) is 18.5 Å². The molecule has 0 bridgehead atoms. The Morgan fingerprint density at radius 1 is 1.00 bits per heavy atom. The van der Waals surface area contributed by atoms with Crippen molar-refractivity contribution >= 4 is 6.08 Å². The first-order chi connectivity index (χ1) is 9.26. The van der Waals surface area contributed by atoms with Crippen molar-refractivity contribution in [1.29, 1.82) is 0 Å². The Bertz CT molecular complexity index is 339. The number of hydrogen-bond acceptors (Lipinski definition) is 1. The highest BCUT2D eigenvalue weighted by Crippen LogP contribution is 2.09. The van der Waals surface area contributed by atoms with Gasteiger partial charge in [-0.05, 0) is 31.1 Å². The van der Waals surface area contributed by atoms with Crippen molar-refractivity contribution in [3.05, 3.63) is 42.0 Å². The molecule has 0 radical (unpaired) electrons. The lowest BCUT2D eigenvalue weighted by Gasteiger charge is -2.16. The zero-order valence-corrected chi connectivity index (χ0v) is 12.7. The van der Waals surface area contributed by atoms with Crippen LogP contribution in [-0.2, 0) is 6.54 Å². The van der Waals surface area contributed by atoms with E-state index in [0.717, 1.165) is 6.54 Å². The average Bonchev–Trinajstić information content (AvgIpc) is 2.43. The molecule has 0 saturated carbocycles. The molecule has 0 aromatic heterocycles. The normalized spacial score (nSPS) is 10.9. The molecule has 0 N–H and O–H groups in total. The predicted octanol–water partition coefficient (Wildman–Crippen LogP) is 5.12. The smallest absolute Gasteiger partial charge is 0.0230 e. The van der Waals surface area contributed by atoms with Gasteiger partial charge in [0.15, 0.2) is 0 Å². The summed E-state index contributed by atoms with van der Waals surface area (Å²) in [6.45, 7) is 8.30. The number of hydrogen-bond donors (Lipinski definition) is 0. The quantitative estimate of drug-likeness (QED) is 0.527. The third-order valence-electron chi connectivity index (χ3n) is 3.56.